The van der Waals surface area contributed by atoms with Gasteiger partial charge in [-0.15, -0.1) is 0 Å². The number of hydrogen-bond donors (Lipinski definition) is 0. The fraction of sp³-hybridized carbons (Fsp3) is 0.545. The van der Waals surface area contributed by atoms with Crippen LogP contribution in [0.4, 0.5) is 5.69 Å². The van der Waals surface area contributed by atoms with Crippen molar-refractivity contribution in [1.82, 2.24) is 9.80 Å². The number of amides is 3. The van der Waals surface area contributed by atoms with E-state index in [2.05, 4.69) is 4.74 Å². The number of anilines is 1. The standard InChI is InChI=1S/C22H28ClN3O5/c1-15-17(23)5-3-6-18(15)26-14-25(13-21(26)29)20(28)12-24(11-16-9-10-16)19(27)7-4-8-22(30)31-2/h3,5-6,16H,4,7-14H2,1-2H3. The van der Waals surface area contributed by atoms with Crippen molar-refractivity contribution in [2.24, 2.45) is 5.92 Å². The Morgan fingerprint density at radius 1 is 1.23 bits per heavy atom. The largest absolute Gasteiger partial charge is 0.469 e. The van der Waals surface area contributed by atoms with E-state index in [1.165, 1.54) is 12.0 Å². The van der Waals surface area contributed by atoms with Gasteiger partial charge in [-0.25, -0.2) is 0 Å². The first kappa shape index (κ1) is 23.1. The minimum absolute atomic E-state index is 0.0292. The average molecular weight is 450 g/mol. The van der Waals surface area contributed by atoms with E-state index in [9.17, 15) is 19.2 Å². The maximum absolute atomic E-state index is 12.9. The number of carbonyl (C=O) groups excluding carboxylic acids is 4. The zero-order valence-corrected chi connectivity index (χ0v) is 18.7. The van der Waals surface area contributed by atoms with Crippen LogP contribution in [0.15, 0.2) is 18.2 Å². The number of halogens is 1. The van der Waals surface area contributed by atoms with Crippen molar-refractivity contribution in [3.63, 3.8) is 0 Å². The van der Waals surface area contributed by atoms with Crippen molar-refractivity contribution < 1.29 is 23.9 Å². The van der Waals surface area contributed by atoms with Crippen molar-refractivity contribution in [1.29, 1.82) is 0 Å². The van der Waals surface area contributed by atoms with Crippen LogP contribution in [0.3, 0.4) is 0 Å². The van der Waals surface area contributed by atoms with Gasteiger partial charge in [-0.05, 0) is 49.8 Å². The molecule has 0 bridgehead atoms. The minimum atomic E-state index is -0.357. The van der Waals surface area contributed by atoms with Gasteiger partial charge in [0.25, 0.3) is 0 Å². The van der Waals surface area contributed by atoms with Crippen LogP contribution in [0, 0.1) is 12.8 Å². The molecule has 31 heavy (non-hydrogen) atoms. The molecule has 168 valence electrons. The summed E-state index contributed by atoms with van der Waals surface area (Å²) in [7, 11) is 1.31. The van der Waals surface area contributed by atoms with Gasteiger partial charge in [0.2, 0.25) is 17.7 Å². The number of rotatable bonds is 9. The molecule has 1 aromatic rings. The molecule has 0 N–H and O–H groups in total. The topological polar surface area (TPSA) is 87.2 Å². The molecule has 0 radical (unpaired) electrons. The highest BCUT2D eigenvalue weighted by Gasteiger charge is 2.35. The van der Waals surface area contributed by atoms with E-state index >= 15 is 0 Å². The lowest BCUT2D eigenvalue weighted by Gasteiger charge is -2.25. The van der Waals surface area contributed by atoms with Crippen molar-refractivity contribution in [3.05, 3.63) is 28.8 Å². The van der Waals surface area contributed by atoms with E-state index in [4.69, 9.17) is 11.6 Å². The Labute approximate surface area is 187 Å². The molecule has 8 nitrogen and oxygen atoms in total. The number of hydrogen-bond acceptors (Lipinski definition) is 5. The van der Waals surface area contributed by atoms with Gasteiger partial charge in [0.05, 0.1) is 13.7 Å². The molecule has 1 aliphatic heterocycles. The van der Waals surface area contributed by atoms with Gasteiger partial charge < -0.3 is 14.5 Å². The van der Waals surface area contributed by atoms with Crippen molar-refractivity contribution in [3.8, 4) is 0 Å². The van der Waals surface area contributed by atoms with Crippen molar-refractivity contribution >= 4 is 41.0 Å². The molecule has 1 aliphatic carbocycles. The molecule has 0 unspecified atom stereocenters. The van der Waals surface area contributed by atoms with Gasteiger partial charge in [0.1, 0.15) is 13.2 Å². The molecule has 0 atom stereocenters. The third-order valence-electron chi connectivity index (χ3n) is 5.68. The zero-order valence-electron chi connectivity index (χ0n) is 17.9. The van der Waals surface area contributed by atoms with Gasteiger partial charge in [0, 0.05) is 30.1 Å². The minimum Gasteiger partial charge on any atom is -0.469 e. The summed E-state index contributed by atoms with van der Waals surface area (Å²) in [6.45, 7) is 2.40. The first-order chi connectivity index (χ1) is 14.8. The zero-order chi connectivity index (χ0) is 22.5. The summed E-state index contributed by atoms with van der Waals surface area (Å²) >= 11 is 6.18. The molecule has 2 aliphatic rings. The van der Waals surface area contributed by atoms with Gasteiger partial charge >= 0.3 is 5.97 Å². The molecule has 0 spiro atoms. The predicted molar refractivity (Wildman–Crippen MR) is 115 cm³/mol. The fourth-order valence-electron chi connectivity index (χ4n) is 3.59. The van der Waals surface area contributed by atoms with E-state index in [0.29, 0.717) is 29.6 Å². The third kappa shape index (κ3) is 5.97. The maximum Gasteiger partial charge on any atom is 0.305 e. The van der Waals surface area contributed by atoms with Crippen LogP contribution in [0.1, 0.15) is 37.7 Å². The molecule has 1 aromatic carbocycles. The normalized spacial score (nSPS) is 15.9. The highest BCUT2D eigenvalue weighted by atomic mass is 35.5. The molecule has 0 aromatic heterocycles. The fourth-order valence-corrected chi connectivity index (χ4v) is 3.76. The second-order valence-electron chi connectivity index (χ2n) is 8.09. The SMILES string of the molecule is COC(=O)CCCC(=O)N(CC(=O)N1CC(=O)N(c2cccc(Cl)c2C)C1)CC1CC1. The molecule has 9 heteroatoms. The summed E-state index contributed by atoms with van der Waals surface area (Å²) in [6, 6.07) is 5.33. The van der Waals surface area contributed by atoms with Crippen LogP contribution in [0.25, 0.3) is 0 Å². The van der Waals surface area contributed by atoms with E-state index in [-0.39, 0.29) is 56.3 Å². The molecule has 3 amide bonds. The number of methoxy groups -OCH3 is 1. The average Bonchev–Trinajstić information content (AvgIpc) is 3.48. The molecular formula is C22H28ClN3O5. The summed E-state index contributed by atoms with van der Waals surface area (Å²) < 4.78 is 4.60. The van der Waals surface area contributed by atoms with Crippen LogP contribution in [0.5, 0.6) is 0 Å². The van der Waals surface area contributed by atoms with Crippen LogP contribution in [-0.2, 0) is 23.9 Å². The van der Waals surface area contributed by atoms with Crippen LogP contribution in [-0.4, -0.2) is 66.9 Å². The Hall–Kier alpha value is -2.61. The molecular weight excluding hydrogens is 422 g/mol. The Balaban J connectivity index is 1.60. The van der Waals surface area contributed by atoms with Crippen molar-refractivity contribution in [2.75, 3.05) is 38.3 Å². The monoisotopic (exact) mass is 449 g/mol. The van der Waals surface area contributed by atoms with Gasteiger partial charge in [-0.1, -0.05) is 17.7 Å². The van der Waals surface area contributed by atoms with Crippen LogP contribution in [0.2, 0.25) is 5.02 Å². The number of carbonyl (C=O) groups is 4. The molecule has 2 fully saturated rings. The van der Waals surface area contributed by atoms with Crippen LogP contribution >= 0.6 is 11.6 Å². The van der Waals surface area contributed by atoms with E-state index in [1.54, 1.807) is 28.0 Å². The lowest BCUT2D eigenvalue weighted by atomic mass is 10.2. The van der Waals surface area contributed by atoms with E-state index in [1.807, 2.05) is 6.92 Å². The smallest absolute Gasteiger partial charge is 0.305 e. The second-order valence-corrected chi connectivity index (χ2v) is 8.49. The Morgan fingerprint density at radius 3 is 2.65 bits per heavy atom. The maximum atomic E-state index is 12.9. The highest BCUT2D eigenvalue weighted by Crippen LogP contribution is 2.31. The lowest BCUT2D eigenvalue weighted by Crippen LogP contribution is -2.43. The van der Waals surface area contributed by atoms with E-state index in [0.717, 1.165) is 18.4 Å². The Morgan fingerprint density at radius 2 is 1.97 bits per heavy atom. The second kappa shape index (κ2) is 10.1. The first-order valence-corrected chi connectivity index (χ1v) is 10.9. The Kier molecular flexibility index (Phi) is 7.54. The summed E-state index contributed by atoms with van der Waals surface area (Å²) in [4.78, 5) is 54.0. The number of ether oxygens (including phenoxy) is 1. The lowest BCUT2D eigenvalue weighted by molar-refractivity contribution is -0.142. The third-order valence-corrected chi connectivity index (χ3v) is 6.08. The van der Waals surface area contributed by atoms with Gasteiger partial charge in [-0.3, -0.25) is 24.1 Å². The van der Waals surface area contributed by atoms with Gasteiger partial charge in [0.15, 0.2) is 0 Å². The number of esters is 1. The molecule has 1 saturated heterocycles. The summed E-state index contributed by atoms with van der Waals surface area (Å²) in [5.41, 5.74) is 1.46. The quantitative estimate of drug-likeness (QED) is 0.540. The molecule has 3 rings (SSSR count). The number of benzene rings is 1. The van der Waals surface area contributed by atoms with Gasteiger partial charge in [-0.2, -0.15) is 0 Å². The van der Waals surface area contributed by atoms with Crippen LogP contribution < -0.4 is 4.90 Å². The predicted octanol–water partition coefficient (Wildman–Crippen LogP) is 2.36. The summed E-state index contributed by atoms with van der Waals surface area (Å²) in [5.74, 6) is -0.542. The first-order valence-electron chi connectivity index (χ1n) is 10.5. The Bertz CT molecular complexity index is 871. The molecule has 1 heterocycles. The number of nitrogens with zero attached hydrogens (tertiary/aromatic N) is 3. The van der Waals surface area contributed by atoms with Crippen molar-refractivity contribution in [2.45, 2.75) is 39.0 Å². The van der Waals surface area contributed by atoms with E-state index < -0.39 is 0 Å². The summed E-state index contributed by atoms with van der Waals surface area (Å²) in [6.07, 6.45) is 2.82. The molecule has 1 saturated carbocycles. The summed E-state index contributed by atoms with van der Waals surface area (Å²) in [5, 5.41) is 0.559. The highest BCUT2D eigenvalue weighted by molar-refractivity contribution is 6.31.